The Balaban J connectivity index is 2.86. The summed E-state index contributed by atoms with van der Waals surface area (Å²) in [5, 5.41) is 12.9. The van der Waals surface area contributed by atoms with Crippen molar-refractivity contribution < 1.29 is 23.2 Å². The molecule has 1 aromatic carbocycles. The van der Waals surface area contributed by atoms with E-state index in [0.717, 1.165) is 6.07 Å². The van der Waals surface area contributed by atoms with Crippen LogP contribution in [0.3, 0.4) is 0 Å². The third-order valence-corrected chi connectivity index (χ3v) is 2.54. The van der Waals surface area contributed by atoms with E-state index in [9.17, 15) is 23.7 Å². The van der Waals surface area contributed by atoms with Crippen LogP contribution in [-0.2, 0) is 4.74 Å². The number of hydrogen-bond donors (Lipinski definition) is 2. The van der Waals surface area contributed by atoms with E-state index < -0.39 is 45.5 Å². The number of nitrogens with one attached hydrogen (secondary N) is 1. The minimum absolute atomic E-state index is 0.343. The van der Waals surface area contributed by atoms with E-state index in [1.165, 1.54) is 0 Å². The van der Waals surface area contributed by atoms with Gasteiger partial charge in [0, 0.05) is 18.2 Å². The highest BCUT2D eigenvalue weighted by atomic mass is 19.1. The predicted octanol–water partition coefficient (Wildman–Crippen LogP) is 2.40. The highest BCUT2D eigenvalue weighted by Crippen LogP contribution is 2.26. The number of carbonyl (C=O) groups excluding carboxylic acids is 1. The Labute approximate surface area is 125 Å². The average Bonchev–Trinajstić information content (AvgIpc) is 2.33. The molecule has 1 rings (SSSR count). The van der Waals surface area contributed by atoms with Crippen molar-refractivity contribution in [1.29, 1.82) is 0 Å². The van der Waals surface area contributed by atoms with Crippen LogP contribution in [0.25, 0.3) is 0 Å². The number of nitro groups is 1. The van der Waals surface area contributed by atoms with E-state index in [-0.39, 0.29) is 6.54 Å². The standard InChI is InChI=1S/C13H17F2N3O4/c1-13(2,3)22-12(19)17-6-8(16)10-7(14)4-5-9(11(10)15)18(20)21/h4-5,8H,6,16H2,1-3H3,(H,17,19). The summed E-state index contributed by atoms with van der Waals surface area (Å²) < 4.78 is 32.5. The fraction of sp³-hybridized carbons (Fsp3) is 0.462. The minimum atomic E-state index is -1.36. The molecule has 1 amide bonds. The molecule has 22 heavy (non-hydrogen) atoms. The third kappa shape index (κ3) is 4.62. The molecule has 0 aliphatic rings. The number of rotatable bonds is 4. The molecule has 0 radical (unpaired) electrons. The summed E-state index contributed by atoms with van der Waals surface area (Å²) in [6.45, 7) is 4.59. The van der Waals surface area contributed by atoms with Crippen molar-refractivity contribution >= 4 is 11.8 Å². The second-order valence-electron chi connectivity index (χ2n) is 5.54. The van der Waals surface area contributed by atoms with Gasteiger partial charge in [-0.15, -0.1) is 0 Å². The molecule has 0 aromatic heterocycles. The van der Waals surface area contributed by atoms with Crippen LogP contribution < -0.4 is 11.1 Å². The van der Waals surface area contributed by atoms with Crippen LogP contribution >= 0.6 is 0 Å². The van der Waals surface area contributed by atoms with Gasteiger partial charge in [0.15, 0.2) is 0 Å². The van der Waals surface area contributed by atoms with Gasteiger partial charge in [0.1, 0.15) is 11.4 Å². The van der Waals surface area contributed by atoms with E-state index in [4.69, 9.17) is 10.5 Å². The van der Waals surface area contributed by atoms with Gasteiger partial charge in [0.25, 0.3) is 0 Å². The molecule has 0 fully saturated rings. The lowest BCUT2D eigenvalue weighted by molar-refractivity contribution is -0.387. The maximum atomic E-state index is 13.9. The van der Waals surface area contributed by atoms with Gasteiger partial charge >= 0.3 is 11.8 Å². The molecule has 1 unspecified atom stereocenters. The van der Waals surface area contributed by atoms with Gasteiger partial charge in [-0.1, -0.05) is 0 Å². The largest absolute Gasteiger partial charge is 0.444 e. The van der Waals surface area contributed by atoms with Gasteiger partial charge in [-0.3, -0.25) is 10.1 Å². The summed E-state index contributed by atoms with van der Waals surface area (Å²) in [5.41, 5.74) is 3.32. The molecule has 3 N–H and O–H groups in total. The number of nitrogens with two attached hydrogens (primary N) is 1. The van der Waals surface area contributed by atoms with Gasteiger partial charge in [-0.2, -0.15) is 4.39 Å². The Kier molecular flexibility index (Phi) is 5.37. The second kappa shape index (κ2) is 6.65. The first-order valence-corrected chi connectivity index (χ1v) is 6.37. The molecule has 0 spiro atoms. The molecule has 0 saturated heterocycles. The fourth-order valence-corrected chi connectivity index (χ4v) is 1.65. The topological polar surface area (TPSA) is 107 Å². The van der Waals surface area contributed by atoms with Crippen LogP contribution in [0, 0.1) is 21.7 Å². The molecule has 0 heterocycles. The molecule has 9 heteroatoms. The predicted molar refractivity (Wildman–Crippen MR) is 74.2 cm³/mol. The van der Waals surface area contributed by atoms with E-state index in [2.05, 4.69) is 5.32 Å². The van der Waals surface area contributed by atoms with Crippen LogP contribution in [0.15, 0.2) is 12.1 Å². The van der Waals surface area contributed by atoms with Gasteiger partial charge < -0.3 is 15.8 Å². The Hall–Kier alpha value is -2.29. The van der Waals surface area contributed by atoms with Crippen molar-refractivity contribution in [2.24, 2.45) is 5.73 Å². The van der Waals surface area contributed by atoms with Gasteiger partial charge in [-0.05, 0) is 26.8 Å². The number of ether oxygens (including phenoxy) is 1. The zero-order valence-electron chi connectivity index (χ0n) is 12.4. The van der Waals surface area contributed by atoms with Gasteiger partial charge in [0.05, 0.1) is 11.0 Å². The van der Waals surface area contributed by atoms with E-state index in [0.29, 0.717) is 6.07 Å². The van der Waals surface area contributed by atoms with Crippen LogP contribution in [0.2, 0.25) is 0 Å². The van der Waals surface area contributed by atoms with E-state index >= 15 is 0 Å². The third-order valence-electron chi connectivity index (χ3n) is 2.54. The van der Waals surface area contributed by atoms with Crippen molar-refractivity contribution in [3.05, 3.63) is 39.4 Å². The molecular weight excluding hydrogens is 300 g/mol. The molecule has 1 atom stereocenters. The molecule has 0 aliphatic carbocycles. The molecular formula is C13H17F2N3O4. The van der Waals surface area contributed by atoms with E-state index in [1.807, 2.05) is 0 Å². The summed E-state index contributed by atoms with van der Waals surface area (Å²) in [6, 6.07) is 0.166. The monoisotopic (exact) mass is 317 g/mol. The van der Waals surface area contributed by atoms with Gasteiger partial charge in [0.2, 0.25) is 5.82 Å². The number of nitro benzene ring substituents is 1. The lowest BCUT2D eigenvalue weighted by Gasteiger charge is -2.21. The number of carbonyl (C=O) groups is 1. The molecule has 0 bridgehead atoms. The smallest absolute Gasteiger partial charge is 0.407 e. The first-order chi connectivity index (χ1) is 10.0. The fourth-order valence-electron chi connectivity index (χ4n) is 1.65. The lowest BCUT2D eigenvalue weighted by atomic mass is 10.1. The highest BCUT2D eigenvalue weighted by Gasteiger charge is 2.26. The number of benzene rings is 1. The minimum Gasteiger partial charge on any atom is -0.444 e. The first kappa shape index (κ1) is 17.8. The summed E-state index contributed by atoms with van der Waals surface area (Å²) in [6.07, 6.45) is -0.811. The van der Waals surface area contributed by atoms with Crippen LogP contribution in [0.5, 0.6) is 0 Å². The zero-order chi connectivity index (χ0) is 17.1. The quantitative estimate of drug-likeness (QED) is 0.655. The Morgan fingerprint density at radius 2 is 2.05 bits per heavy atom. The highest BCUT2D eigenvalue weighted by molar-refractivity contribution is 5.67. The number of alkyl carbamates (subject to hydrolysis) is 1. The zero-order valence-corrected chi connectivity index (χ0v) is 12.4. The number of amides is 1. The number of halogens is 2. The molecule has 0 aliphatic heterocycles. The Bertz CT molecular complexity index is 587. The Morgan fingerprint density at radius 1 is 1.45 bits per heavy atom. The lowest BCUT2D eigenvalue weighted by Crippen LogP contribution is -2.37. The molecule has 7 nitrogen and oxygen atoms in total. The molecule has 1 aromatic rings. The number of nitrogens with zero attached hydrogens (tertiary/aromatic N) is 1. The normalized spacial score (nSPS) is 12.6. The van der Waals surface area contributed by atoms with Crippen molar-refractivity contribution in [1.82, 2.24) is 5.32 Å². The maximum absolute atomic E-state index is 13.9. The van der Waals surface area contributed by atoms with Crippen molar-refractivity contribution in [3.8, 4) is 0 Å². The maximum Gasteiger partial charge on any atom is 0.407 e. The van der Waals surface area contributed by atoms with Gasteiger partial charge in [-0.25, -0.2) is 9.18 Å². The summed E-state index contributed by atoms with van der Waals surface area (Å²) in [5.74, 6) is -2.38. The average molecular weight is 317 g/mol. The summed E-state index contributed by atoms with van der Waals surface area (Å²) >= 11 is 0. The Morgan fingerprint density at radius 3 is 2.55 bits per heavy atom. The molecule has 122 valence electrons. The SMILES string of the molecule is CC(C)(C)OC(=O)NCC(N)c1c(F)ccc([N+](=O)[O-])c1F. The van der Waals surface area contributed by atoms with E-state index in [1.54, 1.807) is 20.8 Å². The second-order valence-corrected chi connectivity index (χ2v) is 5.54. The molecule has 0 saturated carbocycles. The van der Waals surface area contributed by atoms with Crippen LogP contribution in [0.1, 0.15) is 32.4 Å². The van der Waals surface area contributed by atoms with Crippen LogP contribution in [-0.4, -0.2) is 23.2 Å². The van der Waals surface area contributed by atoms with Crippen LogP contribution in [0.4, 0.5) is 19.3 Å². The first-order valence-electron chi connectivity index (χ1n) is 6.37. The van der Waals surface area contributed by atoms with Crippen molar-refractivity contribution in [3.63, 3.8) is 0 Å². The van der Waals surface area contributed by atoms with Crippen molar-refractivity contribution in [2.45, 2.75) is 32.4 Å². The number of hydrogen-bond acceptors (Lipinski definition) is 5. The van der Waals surface area contributed by atoms with Crippen molar-refractivity contribution in [2.75, 3.05) is 6.54 Å². The summed E-state index contributed by atoms with van der Waals surface area (Å²) in [4.78, 5) is 21.1. The summed E-state index contributed by atoms with van der Waals surface area (Å²) in [7, 11) is 0.